The quantitative estimate of drug-likeness (QED) is 0.849. The highest BCUT2D eigenvalue weighted by Gasteiger charge is 2.51. The van der Waals surface area contributed by atoms with Crippen molar-refractivity contribution in [1.82, 2.24) is 4.90 Å². The fraction of sp³-hybridized carbons (Fsp3) is 0.391. The number of nitrogens with zero attached hydrogens (tertiary/aromatic N) is 2. The molecule has 2 aromatic carbocycles. The monoisotopic (exact) mass is 394 g/mol. The van der Waals surface area contributed by atoms with E-state index < -0.39 is 11.4 Å². The number of amides is 1. The van der Waals surface area contributed by atoms with E-state index in [0.717, 1.165) is 18.4 Å². The summed E-state index contributed by atoms with van der Waals surface area (Å²) in [6, 6.07) is 15.6. The lowest BCUT2D eigenvalue weighted by Crippen LogP contribution is -2.52. The molecule has 2 atom stereocenters. The minimum Gasteiger partial charge on any atom is -0.445 e. The van der Waals surface area contributed by atoms with Gasteiger partial charge >= 0.3 is 6.09 Å². The maximum absolute atomic E-state index is 14.5. The Bertz CT molecular complexity index is 927. The first-order valence-corrected chi connectivity index (χ1v) is 9.87. The van der Waals surface area contributed by atoms with Crippen LogP contribution in [0.1, 0.15) is 42.4 Å². The molecule has 0 aliphatic carbocycles. The highest BCUT2D eigenvalue weighted by Crippen LogP contribution is 2.46. The van der Waals surface area contributed by atoms with Crippen molar-refractivity contribution >= 4 is 6.09 Å². The summed E-state index contributed by atoms with van der Waals surface area (Å²) in [5.41, 5.74) is 0.462. The molecule has 4 rings (SSSR count). The molecule has 1 N–H and O–H groups in total. The van der Waals surface area contributed by atoms with Crippen molar-refractivity contribution in [3.05, 3.63) is 71.0 Å². The molecule has 2 aromatic rings. The van der Waals surface area contributed by atoms with E-state index in [1.54, 1.807) is 17.0 Å². The van der Waals surface area contributed by atoms with Crippen molar-refractivity contribution in [2.45, 2.75) is 56.4 Å². The van der Waals surface area contributed by atoms with Gasteiger partial charge in [-0.1, -0.05) is 36.4 Å². The molecular formula is C23H23FN2O3. The summed E-state index contributed by atoms with van der Waals surface area (Å²) >= 11 is 0. The molecule has 6 heteroatoms. The second kappa shape index (κ2) is 7.84. The van der Waals surface area contributed by atoms with Gasteiger partial charge in [0.15, 0.2) is 0 Å². The number of halogens is 1. The van der Waals surface area contributed by atoms with Crippen molar-refractivity contribution in [1.29, 1.82) is 5.26 Å². The lowest BCUT2D eigenvalue weighted by molar-refractivity contribution is -0.0557. The second-order valence-corrected chi connectivity index (χ2v) is 7.92. The normalized spacial score (nSPS) is 25.5. The van der Waals surface area contributed by atoms with Gasteiger partial charge in [0.05, 0.1) is 18.1 Å². The van der Waals surface area contributed by atoms with Crippen LogP contribution in [0.25, 0.3) is 0 Å². The standard InChI is InChI=1S/C23H23FN2O3/c24-21-9-6-16(10-11-25)12-20(21)23(28)13-18-7-8-19(14-23)26(18)22(27)29-15-17-4-2-1-3-5-17/h1-6,9,12,18-19,28H,7-8,10,13-15H2. The summed E-state index contributed by atoms with van der Waals surface area (Å²) in [4.78, 5) is 14.4. The molecule has 0 saturated carbocycles. The Morgan fingerprint density at radius 2 is 1.86 bits per heavy atom. The van der Waals surface area contributed by atoms with Gasteiger partial charge in [0.1, 0.15) is 12.4 Å². The van der Waals surface area contributed by atoms with Crippen LogP contribution in [0.3, 0.4) is 0 Å². The van der Waals surface area contributed by atoms with Gasteiger partial charge in [0.25, 0.3) is 0 Å². The van der Waals surface area contributed by atoms with Crippen LogP contribution >= 0.6 is 0 Å². The third-order valence-electron chi connectivity index (χ3n) is 6.00. The zero-order chi connectivity index (χ0) is 20.4. The van der Waals surface area contributed by atoms with Gasteiger partial charge in [-0.2, -0.15) is 5.26 Å². The maximum atomic E-state index is 14.5. The number of carbonyl (C=O) groups excluding carboxylic acids is 1. The summed E-state index contributed by atoms with van der Waals surface area (Å²) in [6.07, 6.45) is 1.81. The molecule has 1 amide bonds. The Kier molecular flexibility index (Phi) is 5.25. The van der Waals surface area contributed by atoms with Gasteiger partial charge < -0.3 is 14.7 Å². The SMILES string of the molecule is N#CCc1ccc(F)c(C2(O)CC3CCC(C2)N3C(=O)OCc2ccccc2)c1. The van der Waals surface area contributed by atoms with E-state index in [1.807, 2.05) is 30.3 Å². The first-order chi connectivity index (χ1) is 14.0. The molecule has 2 saturated heterocycles. The molecule has 0 radical (unpaired) electrons. The van der Waals surface area contributed by atoms with Crippen LogP contribution in [0.15, 0.2) is 48.5 Å². The smallest absolute Gasteiger partial charge is 0.410 e. The molecule has 2 aliphatic rings. The van der Waals surface area contributed by atoms with E-state index >= 15 is 0 Å². The first kappa shape index (κ1) is 19.4. The highest BCUT2D eigenvalue weighted by atomic mass is 19.1. The molecular weight excluding hydrogens is 371 g/mol. The third kappa shape index (κ3) is 3.83. The Morgan fingerprint density at radius 3 is 2.52 bits per heavy atom. The van der Waals surface area contributed by atoms with E-state index in [2.05, 4.69) is 6.07 Å². The fourth-order valence-electron chi connectivity index (χ4n) is 4.67. The van der Waals surface area contributed by atoms with Gasteiger partial charge in [0.2, 0.25) is 0 Å². The second-order valence-electron chi connectivity index (χ2n) is 7.92. The molecule has 2 bridgehead atoms. The van der Waals surface area contributed by atoms with E-state index in [1.165, 1.54) is 6.07 Å². The molecule has 5 nitrogen and oxygen atoms in total. The van der Waals surface area contributed by atoms with Crippen LogP contribution in [0.2, 0.25) is 0 Å². The van der Waals surface area contributed by atoms with E-state index in [4.69, 9.17) is 10.00 Å². The minimum absolute atomic E-state index is 0.161. The van der Waals surface area contributed by atoms with E-state index in [0.29, 0.717) is 5.56 Å². The molecule has 0 spiro atoms. The number of aliphatic hydroxyl groups is 1. The maximum Gasteiger partial charge on any atom is 0.410 e. The average molecular weight is 394 g/mol. The van der Waals surface area contributed by atoms with Crippen LogP contribution in [-0.2, 0) is 23.4 Å². The Labute approximate surface area is 169 Å². The molecule has 2 aliphatic heterocycles. The predicted molar refractivity (Wildman–Crippen MR) is 104 cm³/mol. The Morgan fingerprint density at radius 1 is 1.17 bits per heavy atom. The molecule has 2 heterocycles. The molecule has 0 aromatic heterocycles. The number of fused-ring (bicyclic) bond motifs is 2. The Hall–Kier alpha value is -2.91. The van der Waals surface area contributed by atoms with Gasteiger partial charge in [-0.25, -0.2) is 9.18 Å². The number of piperidine rings is 1. The van der Waals surface area contributed by atoms with Gasteiger partial charge in [-0.3, -0.25) is 0 Å². The van der Waals surface area contributed by atoms with E-state index in [9.17, 15) is 14.3 Å². The summed E-state index contributed by atoms with van der Waals surface area (Å²) in [6.45, 7) is 0.199. The molecule has 2 unspecified atom stereocenters. The number of nitriles is 1. The number of benzene rings is 2. The number of carbonyl (C=O) groups is 1. The summed E-state index contributed by atoms with van der Waals surface area (Å²) < 4.78 is 20.0. The van der Waals surface area contributed by atoms with Crippen LogP contribution in [-0.4, -0.2) is 28.2 Å². The molecule has 150 valence electrons. The largest absolute Gasteiger partial charge is 0.445 e. The lowest BCUT2D eigenvalue weighted by atomic mass is 9.79. The van der Waals surface area contributed by atoms with Crippen LogP contribution in [0, 0.1) is 17.1 Å². The van der Waals surface area contributed by atoms with Crippen LogP contribution in [0.5, 0.6) is 0 Å². The fourth-order valence-corrected chi connectivity index (χ4v) is 4.67. The first-order valence-electron chi connectivity index (χ1n) is 9.87. The topological polar surface area (TPSA) is 73.6 Å². The van der Waals surface area contributed by atoms with Gasteiger partial charge in [0, 0.05) is 30.5 Å². The van der Waals surface area contributed by atoms with Crippen molar-refractivity contribution < 1.29 is 19.0 Å². The van der Waals surface area contributed by atoms with Crippen LogP contribution in [0.4, 0.5) is 9.18 Å². The van der Waals surface area contributed by atoms with E-state index in [-0.39, 0.29) is 49.6 Å². The lowest BCUT2D eigenvalue weighted by Gasteiger charge is -2.43. The summed E-state index contributed by atoms with van der Waals surface area (Å²) in [5.74, 6) is -0.478. The van der Waals surface area contributed by atoms with Crippen molar-refractivity contribution in [2.75, 3.05) is 0 Å². The van der Waals surface area contributed by atoms with Gasteiger partial charge in [-0.05, 0) is 36.1 Å². The molecule has 2 fully saturated rings. The highest BCUT2D eigenvalue weighted by molar-refractivity contribution is 5.69. The summed E-state index contributed by atoms with van der Waals surface area (Å²) in [5, 5.41) is 20.2. The number of hydrogen-bond acceptors (Lipinski definition) is 4. The third-order valence-corrected chi connectivity index (χ3v) is 6.00. The minimum atomic E-state index is -1.35. The Balaban J connectivity index is 1.49. The van der Waals surface area contributed by atoms with Crippen molar-refractivity contribution in [3.8, 4) is 6.07 Å². The number of rotatable bonds is 4. The number of hydrogen-bond donors (Lipinski definition) is 1. The zero-order valence-electron chi connectivity index (χ0n) is 16.1. The average Bonchev–Trinajstić information content (AvgIpc) is 3.00. The zero-order valence-corrected chi connectivity index (χ0v) is 16.1. The van der Waals surface area contributed by atoms with Crippen molar-refractivity contribution in [2.24, 2.45) is 0 Å². The molecule has 29 heavy (non-hydrogen) atoms. The van der Waals surface area contributed by atoms with Gasteiger partial charge in [-0.15, -0.1) is 0 Å². The summed E-state index contributed by atoms with van der Waals surface area (Å²) in [7, 11) is 0. The predicted octanol–water partition coefficient (Wildman–Crippen LogP) is 4.04. The van der Waals surface area contributed by atoms with Crippen LogP contribution < -0.4 is 0 Å². The number of ether oxygens (including phenoxy) is 1. The van der Waals surface area contributed by atoms with Crippen molar-refractivity contribution in [3.63, 3.8) is 0 Å².